The number of nitrogens with two attached hydrogens (primary N) is 1. The molecule has 2 nitrogen and oxygen atoms in total. The van der Waals surface area contributed by atoms with Crippen molar-refractivity contribution < 1.29 is 4.39 Å². The molecule has 0 saturated carbocycles. The lowest BCUT2D eigenvalue weighted by Crippen LogP contribution is -2.36. The fourth-order valence-corrected chi connectivity index (χ4v) is 1.95. The van der Waals surface area contributed by atoms with Gasteiger partial charge in [0.2, 0.25) is 0 Å². The highest BCUT2D eigenvalue weighted by Crippen LogP contribution is 2.19. The predicted octanol–water partition coefficient (Wildman–Crippen LogP) is 3.21. The molecule has 0 radical (unpaired) electrons. The smallest absolute Gasteiger partial charge is 0.124 e. The molecule has 0 bridgehead atoms. The van der Waals surface area contributed by atoms with Gasteiger partial charge in [0.05, 0.1) is 0 Å². The summed E-state index contributed by atoms with van der Waals surface area (Å²) in [5, 5.41) is 0.453. The number of hydrogen-bond donors (Lipinski definition) is 2. The Hall–Kier alpha value is -0.900. The van der Waals surface area contributed by atoms with E-state index in [1.54, 1.807) is 6.07 Å². The lowest BCUT2D eigenvalue weighted by atomic mass is 10.0. The molecular formula is C13H18ClFN2. The second-order valence-electron chi connectivity index (χ2n) is 4.02. The van der Waals surface area contributed by atoms with E-state index in [0.717, 1.165) is 24.8 Å². The van der Waals surface area contributed by atoms with Crippen LogP contribution >= 0.6 is 11.6 Å². The van der Waals surface area contributed by atoms with E-state index in [-0.39, 0.29) is 11.9 Å². The molecule has 1 atom stereocenters. The number of rotatable bonds is 7. The van der Waals surface area contributed by atoms with Crippen molar-refractivity contribution in [1.82, 2.24) is 5.43 Å². The maximum atomic E-state index is 12.9. The van der Waals surface area contributed by atoms with Gasteiger partial charge >= 0.3 is 0 Å². The highest BCUT2D eigenvalue weighted by Gasteiger charge is 2.10. The Morgan fingerprint density at radius 3 is 2.88 bits per heavy atom. The summed E-state index contributed by atoms with van der Waals surface area (Å²) in [4.78, 5) is 0. The molecule has 94 valence electrons. The average molecular weight is 257 g/mol. The fourth-order valence-electron chi connectivity index (χ4n) is 1.71. The van der Waals surface area contributed by atoms with Crippen molar-refractivity contribution in [2.24, 2.45) is 5.84 Å². The van der Waals surface area contributed by atoms with Crippen LogP contribution in [0.5, 0.6) is 0 Å². The molecule has 3 N–H and O–H groups in total. The zero-order chi connectivity index (χ0) is 12.7. The van der Waals surface area contributed by atoms with Crippen LogP contribution in [0.25, 0.3) is 0 Å². The van der Waals surface area contributed by atoms with E-state index in [0.29, 0.717) is 11.4 Å². The zero-order valence-corrected chi connectivity index (χ0v) is 10.5. The molecule has 1 aromatic rings. The minimum Gasteiger partial charge on any atom is -0.271 e. The van der Waals surface area contributed by atoms with Crippen molar-refractivity contribution in [3.8, 4) is 0 Å². The van der Waals surface area contributed by atoms with Crippen molar-refractivity contribution in [3.05, 3.63) is 47.3 Å². The second kappa shape index (κ2) is 7.43. The summed E-state index contributed by atoms with van der Waals surface area (Å²) in [6.45, 7) is 3.68. The molecule has 17 heavy (non-hydrogen) atoms. The van der Waals surface area contributed by atoms with Crippen molar-refractivity contribution in [1.29, 1.82) is 0 Å². The summed E-state index contributed by atoms with van der Waals surface area (Å²) in [5.41, 5.74) is 3.68. The first-order chi connectivity index (χ1) is 8.17. The highest BCUT2D eigenvalue weighted by atomic mass is 35.5. The first-order valence-corrected chi connectivity index (χ1v) is 6.06. The van der Waals surface area contributed by atoms with E-state index >= 15 is 0 Å². The first-order valence-electron chi connectivity index (χ1n) is 5.68. The van der Waals surface area contributed by atoms with Crippen LogP contribution < -0.4 is 11.3 Å². The van der Waals surface area contributed by atoms with Crippen molar-refractivity contribution in [2.75, 3.05) is 0 Å². The number of hydrogen-bond acceptors (Lipinski definition) is 2. The number of unbranched alkanes of at least 4 members (excludes halogenated alkanes) is 1. The van der Waals surface area contributed by atoms with E-state index in [9.17, 15) is 4.39 Å². The van der Waals surface area contributed by atoms with Gasteiger partial charge in [-0.1, -0.05) is 23.7 Å². The third kappa shape index (κ3) is 4.86. The summed E-state index contributed by atoms with van der Waals surface area (Å²) < 4.78 is 12.9. The molecule has 0 aromatic heterocycles. The Kier molecular flexibility index (Phi) is 6.19. The normalized spacial score (nSPS) is 12.4. The van der Waals surface area contributed by atoms with E-state index in [2.05, 4.69) is 12.0 Å². The Morgan fingerprint density at radius 2 is 2.29 bits per heavy atom. The summed E-state index contributed by atoms with van der Waals surface area (Å²) in [7, 11) is 0. The summed E-state index contributed by atoms with van der Waals surface area (Å²) in [6.07, 6.45) is 5.52. The average Bonchev–Trinajstić information content (AvgIpc) is 2.31. The summed E-state index contributed by atoms with van der Waals surface area (Å²) >= 11 is 5.97. The number of benzene rings is 1. The minimum absolute atomic E-state index is 0.151. The van der Waals surface area contributed by atoms with Gasteiger partial charge in [-0.25, -0.2) is 4.39 Å². The summed E-state index contributed by atoms with van der Waals surface area (Å²) in [5.74, 6) is 5.17. The van der Waals surface area contributed by atoms with Gasteiger partial charge in [0.25, 0.3) is 0 Å². The minimum atomic E-state index is -0.317. The molecular weight excluding hydrogens is 239 g/mol. The molecule has 0 amide bonds. The number of nitrogens with one attached hydrogen (secondary N) is 1. The Bertz CT molecular complexity index is 368. The van der Waals surface area contributed by atoms with E-state index in [1.165, 1.54) is 12.1 Å². The number of halogens is 2. The highest BCUT2D eigenvalue weighted by molar-refractivity contribution is 6.31. The first kappa shape index (κ1) is 14.2. The maximum absolute atomic E-state index is 12.9. The van der Waals surface area contributed by atoms with Crippen LogP contribution in [0, 0.1) is 5.82 Å². The Morgan fingerprint density at radius 1 is 1.53 bits per heavy atom. The van der Waals surface area contributed by atoms with Gasteiger partial charge in [0.15, 0.2) is 0 Å². The van der Waals surface area contributed by atoms with Crippen LogP contribution in [-0.4, -0.2) is 6.04 Å². The van der Waals surface area contributed by atoms with Crippen LogP contribution in [0.2, 0.25) is 5.02 Å². The molecule has 0 aliphatic heterocycles. The van der Waals surface area contributed by atoms with Crippen molar-refractivity contribution in [3.63, 3.8) is 0 Å². The SMILES string of the molecule is C=CCCCC(Cc1ccc(F)cc1Cl)NN. The lowest BCUT2D eigenvalue weighted by Gasteiger charge is -2.16. The van der Waals surface area contributed by atoms with Crippen molar-refractivity contribution in [2.45, 2.75) is 31.7 Å². The Labute approximate surface area is 107 Å². The van der Waals surface area contributed by atoms with Crippen LogP contribution in [-0.2, 0) is 6.42 Å². The lowest BCUT2D eigenvalue weighted by molar-refractivity contribution is 0.478. The van der Waals surface area contributed by atoms with E-state index in [4.69, 9.17) is 17.4 Å². The van der Waals surface area contributed by atoms with Crippen molar-refractivity contribution >= 4 is 11.6 Å². The van der Waals surface area contributed by atoms with Gasteiger partial charge < -0.3 is 0 Å². The molecule has 0 fully saturated rings. The van der Waals surface area contributed by atoms with Gasteiger partial charge in [-0.15, -0.1) is 6.58 Å². The van der Waals surface area contributed by atoms with Gasteiger partial charge in [0, 0.05) is 11.1 Å². The standard InChI is InChI=1S/C13H18ClFN2/c1-2-3-4-5-12(17-16)8-10-6-7-11(15)9-13(10)14/h2,6-7,9,12,17H,1,3-5,8,16H2. The molecule has 0 aliphatic rings. The van der Waals surface area contributed by atoms with Crippen LogP contribution in [0.4, 0.5) is 4.39 Å². The molecule has 4 heteroatoms. The zero-order valence-electron chi connectivity index (χ0n) is 9.76. The van der Waals surface area contributed by atoms with E-state index in [1.807, 2.05) is 6.08 Å². The topological polar surface area (TPSA) is 38.0 Å². The second-order valence-corrected chi connectivity index (χ2v) is 4.43. The molecule has 0 saturated heterocycles. The maximum Gasteiger partial charge on any atom is 0.124 e. The van der Waals surface area contributed by atoms with Gasteiger partial charge in [-0.05, 0) is 43.4 Å². The van der Waals surface area contributed by atoms with Crippen LogP contribution in [0.3, 0.4) is 0 Å². The number of allylic oxidation sites excluding steroid dienone is 1. The molecule has 1 aromatic carbocycles. The molecule has 0 heterocycles. The predicted molar refractivity (Wildman–Crippen MR) is 70.3 cm³/mol. The molecule has 0 aliphatic carbocycles. The van der Waals surface area contributed by atoms with Gasteiger partial charge in [-0.2, -0.15) is 0 Å². The fraction of sp³-hybridized carbons (Fsp3) is 0.385. The van der Waals surface area contributed by atoms with Crippen LogP contribution in [0.15, 0.2) is 30.9 Å². The molecule has 0 spiro atoms. The van der Waals surface area contributed by atoms with Crippen LogP contribution in [0.1, 0.15) is 24.8 Å². The molecule has 1 rings (SSSR count). The monoisotopic (exact) mass is 256 g/mol. The van der Waals surface area contributed by atoms with Gasteiger partial charge in [-0.3, -0.25) is 11.3 Å². The van der Waals surface area contributed by atoms with E-state index < -0.39 is 0 Å². The Balaban J connectivity index is 2.57. The quantitative estimate of drug-likeness (QED) is 0.340. The molecule has 1 unspecified atom stereocenters. The third-order valence-electron chi connectivity index (χ3n) is 2.68. The summed E-state index contributed by atoms with van der Waals surface area (Å²) in [6, 6.07) is 4.60. The largest absolute Gasteiger partial charge is 0.271 e. The van der Waals surface area contributed by atoms with Gasteiger partial charge in [0.1, 0.15) is 5.82 Å². The third-order valence-corrected chi connectivity index (χ3v) is 3.03. The number of hydrazine groups is 1.